The van der Waals surface area contributed by atoms with Gasteiger partial charge in [0.05, 0.1) is 61.2 Å². The zero-order valence-electron chi connectivity index (χ0n) is 64.6. The number of carbonyl (C=O) groups excluding carboxylic acids is 14. The molecule has 15 rings (SSSR count). The maximum atomic E-state index is 14.1. The van der Waals surface area contributed by atoms with E-state index in [4.69, 9.17) is 0 Å². The van der Waals surface area contributed by atoms with Crippen molar-refractivity contribution in [1.29, 1.82) is 0 Å². The number of ether oxygens (including phenoxy) is 7. The number of cyclic esters (lactones) is 14. The van der Waals surface area contributed by atoms with E-state index in [9.17, 15) is 86.1 Å². The van der Waals surface area contributed by atoms with Gasteiger partial charge in [0.25, 0.3) is 0 Å². The summed E-state index contributed by atoms with van der Waals surface area (Å²) in [5, 5.41) is 20.0. The summed E-state index contributed by atoms with van der Waals surface area (Å²) in [6.45, 7) is 39.1. The quantitative estimate of drug-likeness (QED) is 0.0809. The van der Waals surface area contributed by atoms with Gasteiger partial charge in [0.15, 0.2) is 0 Å². The van der Waals surface area contributed by atoms with Crippen LogP contribution in [-0.2, 0) is 65.6 Å². The lowest BCUT2D eigenvalue weighted by atomic mass is 9.82. The van der Waals surface area contributed by atoms with Gasteiger partial charge in [-0.15, -0.1) is 0 Å². The van der Waals surface area contributed by atoms with E-state index in [1.54, 1.807) is 62.4 Å². The van der Waals surface area contributed by atoms with Crippen molar-refractivity contribution >= 4 is 94.3 Å². The minimum atomic E-state index is -0.905. The highest BCUT2D eigenvalue weighted by atomic mass is 19.1. The monoisotopic (exact) mass is 1520 g/mol. The fraction of sp³-hybridized carbons (Fsp3) is 0.302. The van der Waals surface area contributed by atoms with Gasteiger partial charge in [-0.2, -0.15) is 0 Å². The fourth-order valence-electron chi connectivity index (χ4n) is 12.3. The van der Waals surface area contributed by atoms with Crippen molar-refractivity contribution < 1.29 is 119 Å². The number of carbonyl (C=O) groups is 14. The van der Waals surface area contributed by atoms with Gasteiger partial charge in [-0.3, -0.25) is 0 Å². The van der Waals surface area contributed by atoms with Crippen LogP contribution in [0, 0.1) is 25.5 Å². The molecule has 0 aliphatic carbocycles. The predicted molar refractivity (Wildman–Crippen MR) is 396 cm³/mol. The van der Waals surface area contributed by atoms with Gasteiger partial charge < -0.3 is 43.4 Å². The van der Waals surface area contributed by atoms with Gasteiger partial charge in [-0.25, -0.2) is 75.9 Å². The second-order valence-corrected chi connectivity index (χ2v) is 32.9. The summed E-state index contributed by atoms with van der Waals surface area (Å²) in [5.74, 6) is -10.9. The molecule has 111 heavy (non-hydrogen) atoms. The van der Waals surface area contributed by atoms with E-state index in [1.807, 2.05) is 134 Å². The third-order valence-corrected chi connectivity index (χ3v) is 18.5. The van der Waals surface area contributed by atoms with Gasteiger partial charge >= 0.3 is 83.6 Å². The van der Waals surface area contributed by atoms with Crippen LogP contribution in [0.3, 0.4) is 0 Å². The molecule has 0 radical (unpaired) electrons. The largest absolute Gasteiger partial charge is 0.507 e. The molecular formula is C86H80F2O23. The first-order valence-electron chi connectivity index (χ1n) is 34.7. The van der Waals surface area contributed by atoms with Crippen LogP contribution in [-0.4, -0.2) is 93.8 Å². The summed E-state index contributed by atoms with van der Waals surface area (Å²) in [5.41, 5.74) is 8.07. The van der Waals surface area contributed by atoms with Crippen LogP contribution in [0.15, 0.2) is 109 Å². The van der Waals surface area contributed by atoms with E-state index in [2.05, 4.69) is 53.9 Å². The molecule has 7 aliphatic heterocycles. The highest BCUT2D eigenvalue weighted by Crippen LogP contribution is 2.40. The van der Waals surface area contributed by atoms with Crippen molar-refractivity contribution in [1.82, 2.24) is 0 Å². The molecule has 8 aromatic carbocycles. The van der Waals surface area contributed by atoms with Crippen LogP contribution in [0.4, 0.5) is 8.78 Å². The number of aryl methyl sites for hydroxylation is 2. The standard InChI is InChI=1S/C16H13FO3.C12H11FO3.2C12H12O4.2C12H12O3.C10H8O3/c1-16(2,3)8-4-5-9-10(6-8)13-11(7-12(9)17)14(18)20-15(13)19;2*1-12(2,3)6-4-7-9(8(13)5-6)11(15)16-10(7)14;1-12(2,3)6-4-5-7(13)9-8(6)10(14)16-11(9)15;1-12(2,3)7-4-5-8-9(6-7)11(14)15-10(8)13;1-12(2,3)8-6-4-5-7-9(8)11(14)15-10(7)13;1-5-3-4-6(2)8-7(5)9(11)13-10(8)12/h4-7H,1-3H3;4-5H,1-3H3;2*4-5,13H,1-3H3;2*4-6H,1-3H3;3-4H,1-2H3. The van der Waals surface area contributed by atoms with E-state index in [0.29, 0.717) is 55.3 Å². The Hall–Kier alpha value is -12.5. The normalized spacial score (nSPS) is 14.9. The van der Waals surface area contributed by atoms with Crippen molar-refractivity contribution in [3.8, 4) is 11.5 Å². The average molecular weight is 1520 g/mol. The Balaban J connectivity index is 0.000000149. The topological polar surface area (TPSA) is 344 Å². The number of halogens is 2. The van der Waals surface area contributed by atoms with Crippen LogP contribution in [0.2, 0.25) is 0 Å². The molecule has 2 N–H and O–H groups in total. The third-order valence-electron chi connectivity index (χ3n) is 18.5. The number of fused-ring (bicyclic) bond motifs is 9. The van der Waals surface area contributed by atoms with E-state index in [1.165, 1.54) is 24.3 Å². The molecule has 0 atom stereocenters. The van der Waals surface area contributed by atoms with E-state index < -0.39 is 95.2 Å². The molecular weight excluding hydrogens is 1440 g/mol. The van der Waals surface area contributed by atoms with Crippen molar-refractivity contribution in [2.24, 2.45) is 0 Å². The zero-order chi connectivity index (χ0) is 82.9. The van der Waals surface area contributed by atoms with Gasteiger partial charge in [-0.1, -0.05) is 173 Å². The first kappa shape index (κ1) is 82.5. The van der Waals surface area contributed by atoms with Crippen molar-refractivity contribution in [2.75, 3.05) is 0 Å². The lowest BCUT2D eigenvalue weighted by molar-refractivity contribution is 0.0424. The summed E-state index contributed by atoms with van der Waals surface area (Å²) in [6, 6.07) is 29.4. The molecule has 0 saturated carbocycles. The number of hydrogen-bond donors (Lipinski definition) is 2. The van der Waals surface area contributed by atoms with Gasteiger partial charge in [-0.05, 0) is 152 Å². The first-order valence-corrected chi connectivity index (χ1v) is 34.7. The van der Waals surface area contributed by atoms with E-state index in [-0.39, 0.29) is 88.5 Å². The molecule has 576 valence electrons. The minimum absolute atomic E-state index is 0.00561. The van der Waals surface area contributed by atoms with Crippen LogP contribution < -0.4 is 0 Å². The molecule has 25 heteroatoms. The number of benzene rings is 8. The Morgan fingerprint density at radius 3 is 1.11 bits per heavy atom. The lowest BCUT2D eigenvalue weighted by Gasteiger charge is -2.20. The summed E-state index contributed by atoms with van der Waals surface area (Å²) in [7, 11) is 0. The minimum Gasteiger partial charge on any atom is -0.507 e. The predicted octanol–water partition coefficient (Wildman–Crippen LogP) is 16.2. The second kappa shape index (κ2) is 29.8. The van der Waals surface area contributed by atoms with Gasteiger partial charge in [0.1, 0.15) is 39.8 Å². The van der Waals surface area contributed by atoms with Crippen molar-refractivity contribution in [2.45, 2.75) is 171 Å². The Kier molecular flexibility index (Phi) is 22.1. The molecule has 0 bridgehead atoms. The smallest absolute Gasteiger partial charge is 0.350 e. The zero-order valence-corrected chi connectivity index (χ0v) is 64.6. The average Bonchev–Trinajstić information content (AvgIpc) is 1.67. The van der Waals surface area contributed by atoms with Crippen molar-refractivity contribution in [3.63, 3.8) is 0 Å². The summed E-state index contributed by atoms with van der Waals surface area (Å²) < 4.78 is 59.2. The molecule has 0 fully saturated rings. The van der Waals surface area contributed by atoms with E-state index in [0.717, 1.165) is 39.4 Å². The molecule has 23 nitrogen and oxygen atoms in total. The van der Waals surface area contributed by atoms with Crippen LogP contribution in [0.25, 0.3) is 10.8 Å². The number of esters is 14. The van der Waals surface area contributed by atoms with E-state index >= 15 is 0 Å². The Labute approximate surface area is 636 Å². The summed E-state index contributed by atoms with van der Waals surface area (Å²) in [4.78, 5) is 159. The molecule has 0 spiro atoms. The van der Waals surface area contributed by atoms with Gasteiger partial charge in [0, 0.05) is 10.8 Å². The fourth-order valence-corrected chi connectivity index (χ4v) is 12.3. The number of phenols is 2. The number of phenolic OH excluding ortho intramolecular Hbond substituents is 2. The highest BCUT2D eigenvalue weighted by Gasteiger charge is 2.42. The lowest BCUT2D eigenvalue weighted by Crippen LogP contribution is -2.16. The summed E-state index contributed by atoms with van der Waals surface area (Å²) in [6.07, 6.45) is 0. The summed E-state index contributed by atoms with van der Waals surface area (Å²) >= 11 is 0. The molecule has 0 saturated heterocycles. The van der Waals surface area contributed by atoms with Crippen LogP contribution in [0.5, 0.6) is 11.5 Å². The molecule has 7 heterocycles. The van der Waals surface area contributed by atoms with Crippen LogP contribution >= 0.6 is 0 Å². The second-order valence-electron chi connectivity index (χ2n) is 32.9. The third kappa shape index (κ3) is 16.9. The number of aromatic hydroxyl groups is 2. The maximum Gasteiger partial charge on any atom is 0.350 e. The number of hydrogen-bond acceptors (Lipinski definition) is 23. The molecule has 0 aromatic heterocycles. The molecule has 0 unspecified atom stereocenters. The van der Waals surface area contributed by atoms with Gasteiger partial charge in [0.2, 0.25) is 0 Å². The number of rotatable bonds is 0. The maximum absolute atomic E-state index is 14.1. The molecule has 7 aliphatic rings. The Bertz CT molecular complexity index is 5310. The molecule has 8 aromatic rings. The SMILES string of the molecule is CC(C)(C)c1cc(F)c2c(c1)C(=O)OC2=O.CC(C)(C)c1cc(O)c2c(c1)C(=O)OC2=O.CC(C)(C)c1ccc(O)c2c1C(=O)OC2=O.CC(C)(C)c1ccc2c(F)cc3c(c2c1)C(=O)OC3=O.CC(C)(C)c1ccc2c(c1)C(=O)OC2=O.CC(C)(C)c1cccc2c1C(=O)OC2=O.Cc1ccc(C)c2c1C(=O)OC2=O. The first-order chi connectivity index (χ1) is 51.1. The van der Waals surface area contributed by atoms with Crippen LogP contribution in [0.1, 0.15) is 314 Å². The highest BCUT2D eigenvalue weighted by molar-refractivity contribution is 6.22. The Morgan fingerprint density at radius 1 is 0.243 bits per heavy atom. The molecule has 0 amide bonds. The van der Waals surface area contributed by atoms with Crippen molar-refractivity contribution in [3.05, 3.63) is 243 Å². The Morgan fingerprint density at radius 2 is 0.604 bits per heavy atom.